The molecular weight excluding hydrogens is 294 g/mol. The van der Waals surface area contributed by atoms with E-state index in [9.17, 15) is 4.79 Å². The summed E-state index contributed by atoms with van der Waals surface area (Å²) in [6, 6.07) is 5.84. The minimum atomic E-state index is -0.0565. The summed E-state index contributed by atoms with van der Waals surface area (Å²) in [6.07, 6.45) is 1.98. The van der Waals surface area contributed by atoms with Crippen LogP contribution in [0, 0.1) is 0 Å². The number of nitrogens with zero attached hydrogens (tertiary/aromatic N) is 1. The third-order valence-electron chi connectivity index (χ3n) is 3.08. The number of amides is 1. The van der Waals surface area contributed by atoms with Gasteiger partial charge in [0.15, 0.2) is 0 Å². The van der Waals surface area contributed by atoms with Crippen LogP contribution in [-0.4, -0.2) is 32.6 Å². The van der Waals surface area contributed by atoms with Crippen molar-refractivity contribution in [2.45, 2.75) is 18.9 Å². The molecule has 0 aromatic heterocycles. The zero-order chi connectivity index (χ0) is 13.1. The number of carbonyl (C=O) groups is 1. The molecule has 1 atom stereocenters. The number of hydrogen-bond donors (Lipinski definition) is 2. The number of hydrogen-bond acceptors (Lipinski definition) is 3. The maximum Gasteiger partial charge on any atom is 0.241 e. The molecule has 1 aromatic carbocycles. The van der Waals surface area contributed by atoms with Crippen LogP contribution < -0.4 is 15.5 Å². The Hall–Kier alpha value is -1.07. The first kappa shape index (κ1) is 13.4. The van der Waals surface area contributed by atoms with Crippen molar-refractivity contribution in [1.29, 1.82) is 0 Å². The third-order valence-corrected chi connectivity index (χ3v) is 3.57. The second-order valence-electron chi connectivity index (χ2n) is 4.69. The van der Waals surface area contributed by atoms with Crippen LogP contribution in [0.25, 0.3) is 0 Å². The maximum atomic E-state index is 12.1. The highest BCUT2D eigenvalue weighted by Gasteiger charge is 2.22. The van der Waals surface area contributed by atoms with Crippen molar-refractivity contribution in [2.24, 2.45) is 0 Å². The molecule has 1 aliphatic heterocycles. The van der Waals surface area contributed by atoms with Crippen LogP contribution in [0.2, 0.25) is 0 Å². The second kappa shape index (κ2) is 5.71. The first-order chi connectivity index (χ1) is 8.58. The lowest BCUT2D eigenvalue weighted by molar-refractivity contribution is -0.117. The Labute approximate surface area is 116 Å². The first-order valence-electron chi connectivity index (χ1n) is 6.09. The molecule has 0 saturated carbocycles. The summed E-state index contributed by atoms with van der Waals surface area (Å²) in [4.78, 5) is 14.1. The molecule has 1 heterocycles. The number of nitrogens with one attached hydrogen (secondary N) is 2. The van der Waals surface area contributed by atoms with Crippen LogP contribution in [0.5, 0.6) is 0 Å². The summed E-state index contributed by atoms with van der Waals surface area (Å²) in [7, 11) is 3.93. The lowest BCUT2D eigenvalue weighted by Gasteiger charge is -2.19. The number of rotatable bonds is 3. The molecule has 0 radical (unpaired) electrons. The summed E-state index contributed by atoms with van der Waals surface area (Å²) in [5.74, 6) is 0.0497. The van der Waals surface area contributed by atoms with Gasteiger partial charge in [-0.05, 0) is 37.6 Å². The van der Waals surface area contributed by atoms with Crippen LogP contribution in [0.4, 0.5) is 11.4 Å². The fraction of sp³-hybridized carbons (Fsp3) is 0.462. The van der Waals surface area contributed by atoms with Gasteiger partial charge in [0.05, 0.1) is 17.4 Å². The molecule has 0 spiro atoms. The zero-order valence-corrected chi connectivity index (χ0v) is 12.3. The van der Waals surface area contributed by atoms with Crippen molar-refractivity contribution >= 4 is 33.2 Å². The van der Waals surface area contributed by atoms with Gasteiger partial charge in [0.25, 0.3) is 0 Å². The SMILES string of the molecule is CN(C)c1ccc(Br)cc1NC(=O)[C@H]1CCCN1. The van der Waals surface area contributed by atoms with Crippen molar-refractivity contribution in [3.05, 3.63) is 22.7 Å². The fourth-order valence-corrected chi connectivity index (χ4v) is 2.49. The second-order valence-corrected chi connectivity index (χ2v) is 5.61. The number of carbonyl (C=O) groups excluding carboxylic acids is 1. The molecule has 0 aliphatic carbocycles. The highest BCUT2D eigenvalue weighted by Crippen LogP contribution is 2.28. The normalized spacial score (nSPS) is 18.7. The van der Waals surface area contributed by atoms with E-state index in [0.29, 0.717) is 0 Å². The van der Waals surface area contributed by atoms with Gasteiger partial charge in [0.2, 0.25) is 5.91 Å². The van der Waals surface area contributed by atoms with Gasteiger partial charge >= 0.3 is 0 Å². The standard InChI is InChI=1S/C13H18BrN3O/c1-17(2)12-6-5-9(14)8-11(12)16-13(18)10-4-3-7-15-10/h5-6,8,10,15H,3-4,7H2,1-2H3,(H,16,18)/t10-/m1/s1. The Kier molecular flexibility index (Phi) is 4.24. The fourth-order valence-electron chi connectivity index (χ4n) is 2.13. The lowest BCUT2D eigenvalue weighted by Crippen LogP contribution is -2.35. The van der Waals surface area contributed by atoms with Crippen LogP contribution in [0.15, 0.2) is 22.7 Å². The topological polar surface area (TPSA) is 44.4 Å². The monoisotopic (exact) mass is 311 g/mol. The van der Waals surface area contributed by atoms with Gasteiger partial charge < -0.3 is 15.5 Å². The molecule has 4 nitrogen and oxygen atoms in total. The van der Waals surface area contributed by atoms with E-state index in [-0.39, 0.29) is 11.9 Å². The predicted octanol–water partition coefficient (Wildman–Crippen LogP) is 2.21. The van der Waals surface area contributed by atoms with Crippen LogP contribution in [0.1, 0.15) is 12.8 Å². The van der Waals surface area contributed by atoms with Gasteiger partial charge in [-0.2, -0.15) is 0 Å². The van der Waals surface area contributed by atoms with Crippen molar-refractivity contribution < 1.29 is 4.79 Å². The Morgan fingerprint density at radius 1 is 1.50 bits per heavy atom. The predicted molar refractivity (Wildman–Crippen MR) is 78.1 cm³/mol. The number of anilines is 2. The Bertz CT molecular complexity index is 442. The van der Waals surface area contributed by atoms with Crippen molar-refractivity contribution in [1.82, 2.24) is 5.32 Å². The quantitative estimate of drug-likeness (QED) is 0.899. The largest absolute Gasteiger partial charge is 0.376 e. The van der Waals surface area contributed by atoms with Crippen molar-refractivity contribution in [3.8, 4) is 0 Å². The first-order valence-corrected chi connectivity index (χ1v) is 6.88. The van der Waals surface area contributed by atoms with Gasteiger partial charge in [0, 0.05) is 18.6 Å². The van der Waals surface area contributed by atoms with Gasteiger partial charge in [-0.1, -0.05) is 15.9 Å². The molecule has 1 saturated heterocycles. The number of benzene rings is 1. The summed E-state index contributed by atoms with van der Waals surface area (Å²) < 4.78 is 0.961. The minimum absolute atomic E-state index is 0.0497. The van der Waals surface area contributed by atoms with E-state index in [1.54, 1.807) is 0 Å². The Morgan fingerprint density at radius 3 is 2.89 bits per heavy atom. The highest BCUT2D eigenvalue weighted by molar-refractivity contribution is 9.10. The molecule has 18 heavy (non-hydrogen) atoms. The molecule has 1 fully saturated rings. The molecule has 2 N–H and O–H groups in total. The van der Waals surface area contributed by atoms with E-state index in [1.807, 2.05) is 37.2 Å². The Morgan fingerprint density at radius 2 is 2.28 bits per heavy atom. The number of halogens is 1. The molecule has 1 aromatic rings. The Balaban J connectivity index is 2.16. The van der Waals surface area contributed by atoms with Crippen LogP contribution in [-0.2, 0) is 4.79 Å². The van der Waals surface area contributed by atoms with E-state index in [1.165, 1.54) is 0 Å². The molecule has 1 aliphatic rings. The van der Waals surface area contributed by atoms with Crippen molar-refractivity contribution in [2.75, 3.05) is 30.9 Å². The third kappa shape index (κ3) is 3.03. The van der Waals surface area contributed by atoms with Crippen LogP contribution in [0.3, 0.4) is 0 Å². The van der Waals surface area contributed by atoms with Gasteiger partial charge in [0.1, 0.15) is 0 Å². The van der Waals surface area contributed by atoms with Crippen molar-refractivity contribution in [3.63, 3.8) is 0 Å². The molecule has 98 valence electrons. The summed E-state index contributed by atoms with van der Waals surface area (Å²) in [5, 5.41) is 6.20. The highest BCUT2D eigenvalue weighted by atomic mass is 79.9. The van der Waals surface area contributed by atoms with Gasteiger partial charge in [-0.15, -0.1) is 0 Å². The summed E-state index contributed by atoms with van der Waals surface area (Å²) >= 11 is 3.43. The molecule has 5 heteroatoms. The molecule has 0 bridgehead atoms. The van der Waals surface area contributed by atoms with Gasteiger partial charge in [-0.3, -0.25) is 4.79 Å². The van der Waals surface area contributed by atoms with E-state index in [2.05, 4.69) is 26.6 Å². The summed E-state index contributed by atoms with van der Waals surface area (Å²) in [6.45, 7) is 0.928. The van der Waals surface area contributed by atoms with Crippen LogP contribution >= 0.6 is 15.9 Å². The van der Waals surface area contributed by atoms with E-state index in [4.69, 9.17) is 0 Å². The van der Waals surface area contributed by atoms with Gasteiger partial charge in [-0.25, -0.2) is 0 Å². The van der Waals surface area contributed by atoms with E-state index >= 15 is 0 Å². The lowest BCUT2D eigenvalue weighted by atomic mass is 10.2. The van der Waals surface area contributed by atoms with E-state index < -0.39 is 0 Å². The average molecular weight is 312 g/mol. The average Bonchev–Trinajstić information content (AvgIpc) is 2.81. The minimum Gasteiger partial charge on any atom is -0.376 e. The van der Waals surface area contributed by atoms with E-state index in [0.717, 1.165) is 35.2 Å². The smallest absolute Gasteiger partial charge is 0.241 e. The summed E-state index contributed by atoms with van der Waals surface area (Å²) in [5.41, 5.74) is 1.85. The molecule has 2 rings (SSSR count). The molecule has 0 unspecified atom stereocenters. The molecule has 1 amide bonds. The molecular formula is C13H18BrN3O. The zero-order valence-electron chi connectivity index (χ0n) is 10.7. The maximum absolute atomic E-state index is 12.1.